The standard InChI is InChI=1S/C20H20N2O5/c23-20(27-16-5-2-1-3-6-16)22(13-15-9-10-24-14-15)18-8-4-7-17(21-18)19-25-11-12-26-19/h1-8,11-12,15,19H,9-10,13-14H2. The zero-order valence-electron chi connectivity index (χ0n) is 14.7. The fourth-order valence-corrected chi connectivity index (χ4v) is 2.99. The molecule has 2 aliphatic rings. The molecule has 3 heterocycles. The minimum absolute atomic E-state index is 0.236. The van der Waals surface area contributed by atoms with Crippen molar-refractivity contribution in [2.45, 2.75) is 12.7 Å². The third-order valence-electron chi connectivity index (χ3n) is 4.37. The van der Waals surface area contributed by atoms with E-state index in [0.717, 1.165) is 6.42 Å². The van der Waals surface area contributed by atoms with Crippen LogP contribution >= 0.6 is 0 Å². The molecule has 0 N–H and O–H groups in total. The monoisotopic (exact) mass is 368 g/mol. The lowest BCUT2D eigenvalue weighted by molar-refractivity contribution is -0.0278. The highest BCUT2D eigenvalue weighted by Crippen LogP contribution is 2.26. The first-order valence-electron chi connectivity index (χ1n) is 8.84. The van der Waals surface area contributed by atoms with E-state index in [1.807, 2.05) is 24.3 Å². The Hall–Kier alpha value is -3.06. The van der Waals surface area contributed by atoms with Gasteiger partial charge in [-0.05, 0) is 30.7 Å². The van der Waals surface area contributed by atoms with Gasteiger partial charge in [-0.25, -0.2) is 9.78 Å². The van der Waals surface area contributed by atoms with E-state index in [2.05, 4.69) is 4.98 Å². The normalized spacial score (nSPS) is 18.7. The minimum atomic E-state index is -0.605. The van der Waals surface area contributed by atoms with E-state index in [1.165, 1.54) is 17.4 Å². The van der Waals surface area contributed by atoms with Gasteiger partial charge in [-0.2, -0.15) is 0 Å². The Balaban J connectivity index is 1.57. The van der Waals surface area contributed by atoms with Crippen molar-refractivity contribution in [2.75, 3.05) is 24.7 Å². The molecule has 0 saturated carbocycles. The molecule has 1 aromatic heterocycles. The third kappa shape index (κ3) is 4.20. The number of aromatic nitrogens is 1. The molecule has 27 heavy (non-hydrogen) atoms. The molecule has 2 aromatic rings. The summed E-state index contributed by atoms with van der Waals surface area (Å²) < 4.78 is 21.7. The Morgan fingerprint density at radius 1 is 1.11 bits per heavy atom. The summed E-state index contributed by atoms with van der Waals surface area (Å²) in [4.78, 5) is 19.0. The lowest BCUT2D eigenvalue weighted by Gasteiger charge is -2.24. The van der Waals surface area contributed by atoms with Gasteiger partial charge < -0.3 is 18.9 Å². The largest absolute Gasteiger partial charge is 0.454 e. The van der Waals surface area contributed by atoms with Crippen LogP contribution in [-0.4, -0.2) is 30.8 Å². The van der Waals surface area contributed by atoms with E-state index >= 15 is 0 Å². The average Bonchev–Trinajstić information content (AvgIpc) is 3.41. The van der Waals surface area contributed by atoms with Crippen LogP contribution in [0.25, 0.3) is 0 Å². The Labute approximate surface area is 157 Å². The van der Waals surface area contributed by atoms with Gasteiger partial charge in [-0.15, -0.1) is 0 Å². The lowest BCUT2D eigenvalue weighted by Crippen LogP contribution is -2.38. The van der Waals surface area contributed by atoms with E-state index in [1.54, 1.807) is 24.3 Å². The Bertz CT molecular complexity index is 797. The number of hydrogen-bond acceptors (Lipinski definition) is 6. The smallest absolute Gasteiger partial charge is 0.420 e. The van der Waals surface area contributed by atoms with Crippen molar-refractivity contribution in [3.05, 3.63) is 66.7 Å². The second kappa shape index (κ2) is 8.09. The number of pyridine rings is 1. The molecular weight excluding hydrogens is 348 g/mol. The van der Waals surface area contributed by atoms with Gasteiger partial charge in [0.25, 0.3) is 6.29 Å². The van der Waals surface area contributed by atoms with Crippen LogP contribution in [0.2, 0.25) is 0 Å². The third-order valence-corrected chi connectivity index (χ3v) is 4.37. The van der Waals surface area contributed by atoms with E-state index in [9.17, 15) is 4.79 Å². The first kappa shape index (κ1) is 17.4. The van der Waals surface area contributed by atoms with Crippen molar-refractivity contribution in [3.63, 3.8) is 0 Å². The SMILES string of the molecule is O=C(Oc1ccccc1)N(CC1CCOC1)c1cccc(C2OC=CO2)n1. The average molecular weight is 368 g/mol. The molecule has 7 heteroatoms. The molecule has 1 aromatic carbocycles. The van der Waals surface area contributed by atoms with Gasteiger partial charge in [-0.3, -0.25) is 4.90 Å². The molecule has 2 aliphatic heterocycles. The summed E-state index contributed by atoms with van der Waals surface area (Å²) in [6.07, 6.45) is 2.75. The zero-order chi connectivity index (χ0) is 18.5. The van der Waals surface area contributed by atoms with Gasteiger partial charge in [0.2, 0.25) is 0 Å². The molecule has 7 nitrogen and oxygen atoms in total. The molecule has 0 aliphatic carbocycles. The number of amides is 1. The van der Waals surface area contributed by atoms with Crippen LogP contribution in [0, 0.1) is 5.92 Å². The summed E-state index contributed by atoms with van der Waals surface area (Å²) in [6.45, 7) is 1.79. The Morgan fingerprint density at radius 2 is 1.93 bits per heavy atom. The van der Waals surface area contributed by atoms with E-state index in [-0.39, 0.29) is 5.92 Å². The Kier molecular flexibility index (Phi) is 5.20. The number of para-hydroxylation sites is 1. The van der Waals surface area contributed by atoms with Crippen molar-refractivity contribution in [3.8, 4) is 5.75 Å². The van der Waals surface area contributed by atoms with Crippen molar-refractivity contribution in [1.82, 2.24) is 4.98 Å². The van der Waals surface area contributed by atoms with E-state index in [0.29, 0.717) is 37.0 Å². The molecule has 1 unspecified atom stereocenters. The number of benzene rings is 1. The van der Waals surface area contributed by atoms with Crippen LogP contribution in [0.1, 0.15) is 18.4 Å². The quantitative estimate of drug-likeness (QED) is 0.802. The molecule has 1 amide bonds. The number of carbonyl (C=O) groups is 1. The predicted octanol–water partition coefficient (Wildman–Crippen LogP) is 3.64. The molecule has 1 saturated heterocycles. The topological polar surface area (TPSA) is 70.1 Å². The minimum Gasteiger partial charge on any atom is -0.454 e. The summed E-state index contributed by atoms with van der Waals surface area (Å²) in [7, 11) is 0. The highest BCUT2D eigenvalue weighted by molar-refractivity contribution is 5.88. The summed E-state index contributed by atoms with van der Waals surface area (Å²) in [5.41, 5.74) is 0.581. The maximum absolute atomic E-state index is 12.9. The number of carbonyl (C=O) groups excluding carboxylic acids is 1. The molecule has 0 radical (unpaired) electrons. The van der Waals surface area contributed by atoms with Crippen molar-refractivity contribution < 1.29 is 23.7 Å². The van der Waals surface area contributed by atoms with Crippen molar-refractivity contribution in [1.29, 1.82) is 0 Å². The highest BCUT2D eigenvalue weighted by atomic mass is 16.7. The number of ether oxygens (including phenoxy) is 4. The molecular formula is C20H20N2O5. The second-order valence-corrected chi connectivity index (χ2v) is 6.32. The van der Waals surface area contributed by atoms with Gasteiger partial charge in [0.1, 0.15) is 29.8 Å². The summed E-state index contributed by atoms with van der Waals surface area (Å²) >= 11 is 0. The van der Waals surface area contributed by atoms with Crippen LogP contribution in [-0.2, 0) is 14.2 Å². The highest BCUT2D eigenvalue weighted by Gasteiger charge is 2.27. The second-order valence-electron chi connectivity index (χ2n) is 6.32. The molecule has 0 bridgehead atoms. The maximum atomic E-state index is 12.9. The van der Waals surface area contributed by atoms with Gasteiger partial charge in [0, 0.05) is 19.1 Å². The van der Waals surface area contributed by atoms with Crippen molar-refractivity contribution in [2.24, 2.45) is 5.92 Å². The first-order chi connectivity index (χ1) is 13.3. The Morgan fingerprint density at radius 3 is 2.67 bits per heavy atom. The number of rotatable bonds is 5. The van der Waals surface area contributed by atoms with Gasteiger partial charge in [0.15, 0.2) is 0 Å². The fourth-order valence-electron chi connectivity index (χ4n) is 2.99. The molecule has 0 spiro atoms. The van der Waals surface area contributed by atoms with Gasteiger partial charge >= 0.3 is 6.09 Å². The van der Waals surface area contributed by atoms with E-state index < -0.39 is 12.4 Å². The molecule has 1 atom stereocenters. The summed E-state index contributed by atoms with van der Waals surface area (Å²) in [5, 5.41) is 0. The lowest BCUT2D eigenvalue weighted by atomic mass is 10.1. The first-order valence-corrected chi connectivity index (χ1v) is 8.84. The van der Waals surface area contributed by atoms with Crippen molar-refractivity contribution >= 4 is 11.9 Å². The zero-order valence-corrected chi connectivity index (χ0v) is 14.7. The van der Waals surface area contributed by atoms with Gasteiger partial charge in [0.05, 0.1) is 6.61 Å². The van der Waals surface area contributed by atoms with Gasteiger partial charge in [-0.1, -0.05) is 24.3 Å². The summed E-state index contributed by atoms with van der Waals surface area (Å²) in [6, 6.07) is 14.4. The fraction of sp³-hybridized carbons (Fsp3) is 0.300. The van der Waals surface area contributed by atoms with Crippen LogP contribution in [0.5, 0.6) is 5.75 Å². The predicted molar refractivity (Wildman–Crippen MR) is 97.0 cm³/mol. The van der Waals surface area contributed by atoms with Crippen LogP contribution in [0.4, 0.5) is 10.6 Å². The van der Waals surface area contributed by atoms with Crippen LogP contribution in [0.3, 0.4) is 0 Å². The number of anilines is 1. The number of hydrogen-bond donors (Lipinski definition) is 0. The summed E-state index contributed by atoms with van der Waals surface area (Å²) in [5.74, 6) is 1.21. The van der Waals surface area contributed by atoms with Crippen LogP contribution in [0.15, 0.2) is 61.1 Å². The molecule has 140 valence electrons. The maximum Gasteiger partial charge on any atom is 0.420 e. The number of nitrogens with zero attached hydrogens (tertiary/aromatic N) is 2. The molecule has 1 fully saturated rings. The van der Waals surface area contributed by atoms with Crippen LogP contribution < -0.4 is 9.64 Å². The molecule has 4 rings (SSSR count). The van der Waals surface area contributed by atoms with E-state index in [4.69, 9.17) is 18.9 Å².